The van der Waals surface area contributed by atoms with E-state index in [-0.39, 0.29) is 0 Å². The summed E-state index contributed by atoms with van der Waals surface area (Å²) in [6.07, 6.45) is 4.70. The molecule has 0 unspecified atom stereocenters. The number of thiophene rings is 1. The molecule has 19 heavy (non-hydrogen) atoms. The zero-order chi connectivity index (χ0) is 13.5. The molecule has 0 amide bonds. The van der Waals surface area contributed by atoms with Crippen molar-refractivity contribution in [3.05, 3.63) is 16.3 Å². The van der Waals surface area contributed by atoms with Crippen molar-refractivity contribution in [2.45, 2.75) is 36.5 Å². The lowest BCUT2D eigenvalue weighted by Gasteiger charge is -2.21. The Morgan fingerprint density at radius 1 is 1.21 bits per heavy atom. The van der Waals surface area contributed by atoms with E-state index in [4.69, 9.17) is 11.6 Å². The lowest BCUT2D eigenvalue weighted by atomic mass is 10.4. The van der Waals surface area contributed by atoms with E-state index in [2.05, 4.69) is 0 Å². The van der Waals surface area contributed by atoms with Crippen molar-refractivity contribution in [3.8, 4) is 0 Å². The molecule has 1 heterocycles. The standard InChI is InChI=1S/C13H18ClNO2S2/c14-6-12-5-13(9-18-12)19(16,17)15(7-10-1-2-10)8-11-3-4-11/h5,9-11H,1-4,6-8H2. The van der Waals surface area contributed by atoms with Gasteiger partial charge in [-0.25, -0.2) is 8.42 Å². The summed E-state index contributed by atoms with van der Waals surface area (Å²) in [5.41, 5.74) is 0. The fourth-order valence-corrected chi connectivity index (χ4v) is 5.13. The largest absolute Gasteiger partial charge is 0.243 e. The van der Waals surface area contributed by atoms with Crippen LogP contribution in [0.2, 0.25) is 0 Å². The van der Waals surface area contributed by atoms with Crippen LogP contribution in [0.3, 0.4) is 0 Å². The van der Waals surface area contributed by atoms with Crippen LogP contribution in [0, 0.1) is 11.8 Å². The van der Waals surface area contributed by atoms with Crippen LogP contribution in [-0.2, 0) is 15.9 Å². The van der Waals surface area contributed by atoms with Gasteiger partial charge in [-0.15, -0.1) is 22.9 Å². The number of rotatable bonds is 7. The van der Waals surface area contributed by atoms with Crippen molar-refractivity contribution in [1.29, 1.82) is 0 Å². The molecule has 2 aliphatic carbocycles. The Morgan fingerprint density at radius 3 is 2.21 bits per heavy atom. The third-order valence-electron chi connectivity index (χ3n) is 3.72. The Balaban J connectivity index is 1.80. The van der Waals surface area contributed by atoms with Gasteiger partial charge in [-0.3, -0.25) is 0 Å². The molecule has 0 saturated heterocycles. The van der Waals surface area contributed by atoms with Crippen LogP contribution in [0.15, 0.2) is 16.3 Å². The summed E-state index contributed by atoms with van der Waals surface area (Å²) < 4.78 is 27.1. The molecule has 0 bridgehead atoms. The van der Waals surface area contributed by atoms with E-state index in [9.17, 15) is 8.42 Å². The van der Waals surface area contributed by atoms with Gasteiger partial charge in [0.05, 0.1) is 10.8 Å². The van der Waals surface area contributed by atoms with E-state index in [0.29, 0.717) is 35.7 Å². The molecule has 3 nitrogen and oxygen atoms in total. The molecule has 3 rings (SSSR count). The van der Waals surface area contributed by atoms with Crippen LogP contribution in [0.1, 0.15) is 30.6 Å². The first-order chi connectivity index (χ1) is 9.09. The van der Waals surface area contributed by atoms with Crippen LogP contribution in [0.25, 0.3) is 0 Å². The van der Waals surface area contributed by atoms with Crippen molar-refractivity contribution in [2.75, 3.05) is 13.1 Å². The van der Waals surface area contributed by atoms with Gasteiger partial charge < -0.3 is 0 Å². The first-order valence-corrected chi connectivity index (χ1v) is 9.58. The highest BCUT2D eigenvalue weighted by Crippen LogP contribution is 2.36. The van der Waals surface area contributed by atoms with Crippen molar-refractivity contribution < 1.29 is 8.42 Å². The van der Waals surface area contributed by atoms with Crippen molar-refractivity contribution in [3.63, 3.8) is 0 Å². The number of sulfonamides is 1. The molecule has 0 radical (unpaired) electrons. The zero-order valence-electron chi connectivity index (χ0n) is 10.7. The van der Waals surface area contributed by atoms with Crippen molar-refractivity contribution in [2.24, 2.45) is 11.8 Å². The maximum Gasteiger partial charge on any atom is 0.243 e. The minimum Gasteiger partial charge on any atom is -0.207 e. The molecule has 2 saturated carbocycles. The second-order valence-corrected chi connectivity index (χ2v) is 8.79. The fourth-order valence-electron chi connectivity index (χ4n) is 2.16. The normalized spacial score (nSPS) is 20.1. The Hall–Kier alpha value is -0.100. The summed E-state index contributed by atoms with van der Waals surface area (Å²) in [4.78, 5) is 1.34. The van der Waals surface area contributed by atoms with Gasteiger partial charge in [0.1, 0.15) is 0 Å². The van der Waals surface area contributed by atoms with Crippen molar-refractivity contribution >= 4 is 33.0 Å². The van der Waals surface area contributed by atoms with Gasteiger partial charge in [0.2, 0.25) is 10.0 Å². The molecule has 2 fully saturated rings. The number of halogens is 1. The third kappa shape index (κ3) is 3.32. The highest BCUT2D eigenvalue weighted by atomic mass is 35.5. The van der Waals surface area contributed by atoms with E-state index in [0.717, 1.165) is 4.88 Å². The predicted octanol–water partition coefficient (Wildman–Crippen LogP) is 3.30. The predicted molar refractivity (Wildman–Crippen MR) is 78.1 cm³/mol. The van der Waals surface area contributed by atoms with Crippen LogP contribution < -0.4 is 0 Å². The van der Waals surface area contributed by atoms with Gasteiger partial charge >= 0.3 is 0 Å². The molecule has 106 valence electrons. The average Bonchev–Trinajstić information content (AvgIpc) is 3.30. The van der Waals surface area contributed by atoms with Crippen LogP contribution >= 0.6 is 22.9 Å². The van der Waals surface area contributed by atoms with Gasteiger partial charge in [0, 0.05) is 23.3 Å². The van der Waals surface area contributed by atoms with Gasteiger partial charge in [0.25, 0.3) is 0 Å². The molecule has 0 aliphatic heterocycles. The summed E-state index contributed by atoms with van der Waals surface area (Å²) in [6.45, 7) is 1.40. The maximum atomic E-state index is 12.7. The SMILES string of the molecule is O=S(=O)(c1csc(CCl)c1)N(CC1CC1)CC1CC1. The highest BCUT2D eigenvalue weighted by molar-refractivity contribution is 7.89. The second-order valence-electron chi connectivity index (χ2n) is 5.59. The first-order valence-electron chi connectivity index (χ1n) is 6.73. The molecular formula is C13H18ClNO2S2. The minimum absolute atomic E-state index is 0.380. The Bertz CT molecular complexity index is 533. The van der Waals surface area contributed by atoms with Gasteiger partial charge in [0.15, 0.2) is 0 Å². The van der Waals surface area contributed by atoms with Crippen molar-refractivity contribution in [1.82, 2.24) is 4.31 Å². The van der Waals surface area contributed by atoms with E-state index in [1.807, 2.05) is 0 Å². The molecule has 0 atom stereocenters. The summed E-state index contributed by atoms with van der Waals surface area (Å²) in [6, 6.07) is 1.72. The van der Waals surface area contributed by atoms with Gasteiger partial charge in [-0.2, -0.15) is 4.31 Å². The lowest BCUT2D eigenvalue weighted by molar-refractivity contribution is 0.382. The molecular weight excluding hydrogens is 302 g/mol. The Labute approximate surface area is 123 Å². The third-order valence-corrected chi connectivity index (χ3v) is 7.06. The van der Waals surface area contributed by atoms with Crippen LogP contribution in [0.5, 0.6) is 0 Å². The van der Waals surface area contributed by atoms with E-state index < -0.39 is 10.0 Å². The molecule has 1 aromatic heterocycles. The summed E-state index contributed by atoms with van der Waals surface area (Å²) in [7, 11) is -3.32. The molecule has 6 heteroatoms. The average molecular weight is 320 g/mol. The molecule has 1 aromatic rings. The van der Waals surface area contributed by atoms with E-state index in [1.165, 1.54) is 37.0 Å². The number of alkyl halides is 1. The van der Waals surface area contributed by atoms with Gasteiger partial charge in [-0.05, 0) is 43.6 Å². The Morgan fingerprint density at radius 2 is 1.79 bits per heavy atom. The molecule has 0 spiro atoms. The number of hydrogen-bond donors (Lipinski definition) is 0. The monoisotopic (exact) mass is 319 g/mol. The van der Waals surface area contributed by atoms with Gasteiger partial charge in [-0.1, -0.05) is 0 Å². The molecule has 2 aliphatic rings. The second kappa shape index (κ2) is 5.35. The summed E-state index contributed by atoms with van der Waals surface area (Å²) in [5.74, 6) is 1.55. The lowest BCUT2D eigenvalue weighted by Crippen LogP contribution is -2.34. The Kier molecular flexibility index (Phi) is 3.91. The smallest absolute Gasteiger partial charge is 0.207 e. The fraction of sp³-hybridized carbons (Fsp3) is 0.692. The zero-order valence-corrected chi connectivity index (χ0v) is 13.1. The highest BCUT2D eigenvalue weighted by Gasteiger charge is 2.35. The summed E-state index contributed by atoms with van der Waals surface area (Å²) in [5, 5.41) is 1.72. The van der Waals surface area contributed by atoms with E-state index >= 15 is 0 Å². The summed E-state index contributed by atoms with van der Waals surface area (Å²) >= 11 is 7.19. The number of nitrogens with zero attached hydrogens (tertiary/aromatic N) is 1. The molecule has 0 aromatic carbocycles. The quantitative estimate of drug-likeness (QED) is 0.723. The first kappa shape index (κ1) is 13.9. The van der Waals surface area contributed by atoms with Crippen LogP contribution in [0.4, 0.5) is 0 Å². The minimum atomic E-state index is -3.32. The maximum absolute atomic E-state index is 12.7. The number of hydrogen-bond acceptors (Lipinski definition) is 3. The topological polar surface area (TPSA) is 37.4 Å². The van der Waals surface area contributed by atoms with E-state index in [1.54, 1.807) is 15.8 Å². The van der Waals surface area contributed by atoms with Crippen LogP contribution in [-0.4, -0.2) is 25.8 Å². The molecule has 0 N–H and O–H groups in total.